The summed E-state index contributed by atoms with van der Waals surface area (Å²) in [7, 11) is 0. The highest BCUT2D eigenvalue weighted by Gasteiger charge is 2.17. The Bertz CT molecular complexity index is 416. The first-order valence-electron chi connectivity index (χ1n) is 6.74. The second kappa shape index (κ2) is 8.00. The van der Waals surface area contributed by atoms with E-state index in [0.29, 0.717) is 5.82 Å². The second-order valence-electron chi connectivity index (χ2n) is 4.50. The maximum atomic E-state index is 11.1. The van der Waals surface area contributed by atoms with Gasteiger partial charge in [-0.05, 0) is 18.9 Å². The van der Waals surface area contributed by atoms with E-state index in [1.807, 2.05) is 0 Å². The molecule has 0 atom stereocenters. The summed E-state index contributed by atoms with van der Waals surface area (Å²) in [5, 5.41) is 9.33. The Morgan fingerprint density at radius 1 is 1.32 bits per heavy atom. The number of halogens is 1. The van der Waals surface area contributed by atoms with Gasteiger partial charge in [-0.2, -0.15) is 0 Å². The number of carbonyl (C=O) groups is 1. The molecule has 0 aliphatic rings. The lowest BCUT2D eigenvalue weighted by Crippen LogP contribution is -2.27. The van der Waals surface area contributed by atoms with Gasteiger partial charge < -0.3 is 10.0 Å². The number of aromatic nitrogens is 1. The van der Waals surface area contributed by atoms with E-state index in [1.54, 1.807) is 0 Å². The van der Waals surface area contributed by atoms with Crippen molar-refractivity contribution in [2.24, 2.45) is 0 Å². The molecule has 1 rings (SSSR count). The first-order chi connectivity index (χ1) is 9.11. The van der Waals surface area contributed by atoms with Gasteiger partial charge in [0.1, 0.15) is 5.82 Å². The summed E-state index contributed by atoms with van der Waals surface area (Å²) < 4.78 is 0. The third kappa shape index (κ3) is 4.39. The van der Waals surface area contributed by atoms with Gasteiger partial charge in [0.25, 0.3) is 0 Å². The Labute approximate surface area is 119 Å². The molecule has 4 nitrogen and oxygen atoms in total. The first kappa shape index (κ1) is 15.8. The van der Waals surface area contributed by atoms with E-state index in [2.05, 4.69) is 23.7 Å². The Kier molecular flexibility index (Phi) is 6.64. The molecule has 0 amide bonds. The molecule has 0 saturated carbocycles. The van der Waals surface area contributed by atoms with Gasteiger partial charge in [0.05, 0.1) is 10.6 Å². The van der Waals surface area contributed by atoms with Gasteiger partial charge >= 0.3 is 5.97 Å². The molecule has 0 spiro atoms. The Balaban J connectivity index is 2.99. The van der Waals surface area contributed by atoms with Crippen LogP contribution in [-0.4, -0.2) is 29.1 Å². The number of carboxylic acid groups (broad SMARTS) is 1. The number of hydrogen-bond donors (Lipinski definition) is 1. The van der Waals surface area contributed by atoms with Crippen molar-refractivity contribution in [3.8, 4) is 0 Å². The largest absolute Gasteiger partial charge is 0.478 e. The van der Waals surface area contributed by atoms with Crippen LogP contribution in [0, 0.1) is 0 Å². The van der Waals surface area contributed by atoms with Crippen molar-refractivity contribution in [2.45, 2.75) is 39.5 Å². The fraction of sp³-hybridized carbons (Fsp3) is 0.571. The third-order valence-electron chi connectivity index (χ3n) is 2.96. The minimum atomic E-state index is -1.01. The quantitative estimate of drug-likeness (QED) is 0.788. The van der Waals surface area contributed by atoms with Crippen molar-refractivity contribution in [2.75, 3.05) is 18.0 Å². The molecule has 5 heteroatoms. The molecule has 0 aliphatic heterocycles. The van der Waals surface area contributed by atoms with Crippen LogP contribution >= 0.6 is 11.6 Å². The standard InChI is InChI=1S/C14H21ClN2O2/c1-3-5-9-17(10-6-4-2)13-12(15)11(14(18)19)7-8-16-13/h7-8H,3-6,9-10H2,1-2H3,(H,18,19). The van der Waals surface area contributed by atoms with Gasteiger partial charge in [-0.25, -0.2) is 9.78 Å². The van der Waals surface area contributed by atoms with Crippen LogP contribution < -0.4 is 4.90 Å². The molecule has 1 N–H and O–H groups in total. The van der Waals surface area contributed by atoms with Gasteiger partial charge in [-0.3, -0.25) is 0 Å². The Hall–Kier alpha value is -1.29. The van der Waals surface area contributed by atoms with E-state index in [-0.39, 0.29) is 10.6 Å². The molecule has 19 heavy (non-hydrogen) atoms. The summed E-state index contributed by atoms with van der Waals surface area (Å²) in [5.41, 5.74) is 0.115. The number of carboxylic acids is 1. The van der Waals surface area contributed by atoms with Crippen LogP contribution in [0.5, 0.6) is 0 Å². The van der Waals surface area contributed by atoms with E-state index in [0.717, 1.165) is 38.8 Å². The van der Waals surface area contributed by atoms with Gasteiger partial charge in [0, 0.05) is 19.3 Å². The molecule has 1 heterocycles. The lowest BCUT2D eigenvalue weighted by Gasteiger charge is -2.24. The average molecular weight is 285 g/mol. The zero-order chi connectivity index (χ0) is 14.3. The van der Waals surface area contributed by atoms with Gasteiger partial charge in [-0.15, -0.1) is 0 Å². The highest BCUT2D eigenvalue weighted by molar-refractivity contribution is 6.35. The van der Waals surface area contributed by atoms with Crippen LogP contribution in [0.1, 0.15) is 49.9 Å². The molecule has 0 radical (unpaired) electrons. The Morgan fingerprint density at radius 2 is 1.89 bits per heavy atom. The van der Waals surface area contributed by atoms with E-state index in [9.17, 15) is 4.79 Å². The summed E-state index contributed by atoms with van der Waals surface area (Å²) >= 11 is 6.17. The Morgan fingerprint density at radius 3 is 2.37 bits per heavy atom. The lowest BCUT2D eigenvalue weighted by molar-refractivity contribution is 0.0697. The summed E-state index contributed by atoms with van der Waals surface area (Å²) in [6.45, 7) is 5.96. The molecular weight excluding hydrogens is 264 g/mol. The fourth-order valence-electron chi connectivity index (χ4n) is 1.84. The normalized spacial score (nSPS) is 10.5. The van der Waals surface area contributed by atoms with E-state index < -0.39 is 5.97 Å². The highest BCUT2D eigenvalue weighted by Crippen LogP contribution is 2.27. The molecule has 0 saturated heterocycles. The highest BCUT2D eigenvalue weighted by atomic mass is 35.5. The topological polar surface area (TPSA) is 53.4 Å². The number of anilines is 1. The van der Waals surface area contributed by atoms with Crippen molar-refractivity contribution >= 4 is 23.4 Å². The van der Waals surface area contributed by atoms with E-state index >= 15 is 0 Å². The van der Waals surface area contributed by atoms with Crippen LogP contribution in [-0.2, 0) is 0 Å². The predicted molar refractivity (Wildman–Crippen MR) is 78.2 cm³/mol. The summed E-state index contributed by atoms with van der Waals surface area (Å²) in [5.74, 6) is -0.428. The van der Waals surface area contributed by atoms with Crippen LogP contribution in [0.25, 0.3) is 0 Å². The molecule has 1 aromatic heterocycles. The predicted octanol–water partition coefficient (Wildman–Crippen LogP) is 3.84. The fourth-order valence-corrected chi connectivity index (χ4v) is 2.15. The minimum absolute atomic E-state index is 0.115. The van der Waals surface area contributed by atoms with Crippen LogP contribution in [0.3, 0.4) is 0 Å². The van der Waals surface area contributed by atoms with Crippen LogP contribution in [0.4, 0.5) is 5.82 Å². The zero-order valence-electron chi connectivity index (χ0n) is 11.5. The molecule has 106 valence electrons. The number of aromatic carboxylic acids is 1. The number of pyridine rings is 1. The van der Waals surface area contributed by atoms with Gasteiger partial charge in [-0.1, -0.05) is 38.3 Å². The molecule has 0 unspecified atom stereocenters. The molecule has 0 aliphatic carbocycles. The zero-order valence-corrected chi connectivity index (χ0v) is 12.3. The number of unbranched alkanes of at least 4 members (excludes halogenated alkanes) is 2. The molecule has 0 aromatic carbocycles. The summed E-state index contributed by atoms with van der Waals surface area (Å²) in [6.07, 6.45) is 5.76. The van der Waals surface area contributed by atoms with Crippen LogP contribution in [0.15, 0.2) is 12.3 Å². The SMILES string of the molecule is CCCCN(CCCC)c1nccc(C(=O)O)c1Cl. The average Bonchev–Trinajstić information content (AvgIpc) is 2.39. The number of hydrogen-bond acceptors (Lipinski definition) is 3. The number of nitrogens with zero attached hydrogens (tertiary/aromatic N) is 2. The lowest BCUT2D eigenvalue weighted by atomic mass is 10.2. The van der Waals surface area contributed by atoms with Crippen molar-refractivity contribution in [3.05, 3.63) is 22.8 Å². The summed E-state index contributed by atoms with van der Waals surface area (Å²) in [4.78, 5) is 17.4. The molecule has 1 aromatic rings. The maximum absolute atomic E-state index is 11.1. The summed E-state index contributed by atoms with van der Waals surface area (Å²) in [6, 6.07) is 1.44. The van der Waals surface area contributed by atoms with Crippen molar-refractivity contribution in [1.29, 1.82) is 0 Å². The van der Waals surface area contributed by atoms with Gasteiger partial charge in [0.15, 0.2) is 0 Å². The van der Waals surface area contributed by atoms with Gasteiger partial charge in [0.2, 0.25) is 0 Å². The maximum Gasteiger partial charge on any atom is 0.337 e. The van der Waals surface area contributed by atoms with Crippen molar-refractivity contribution in [1.82, 2.24) is 4.98 Å². The second-order valence-corrected chi connectivity index (χ2v) is 4.87. The van der Waals surface area contributed by atoms with Crippen molar-refractivity contribution in [3.63, 3.8) is 0 Å². The minimum Gasteiger partial charge on any atom is -0.478 e. The monoisotopic (exact) mass is 284 g/mol. The number of rotatable bonds is 8. The molecule has 0 bridgehead atoms. The smallest absolute Gasteiger partial charge is 0.337 e. The van der Waals surface area contributed by atoms with Crippen molar-refractivity contribution < 1.29 is 9.90 Å². The molecular formula is C14H21ClN2O2. The van der Waals surface area contributed by atoms with E-state index in [1.165, 1.54) is 12.3 Å². The van der Waals surface area contributed by atoms with E-state index in [4.69, 9.17) is 16.7 Å². The molecule has 0 fully saturated rings. The first-order valence-corrected chi connectivity index (χ1v) is 7.12. The van der Waals surface area contributed by atoms with Crippen LogP contribution in [0.2, 0.25) is 5.02 Å². The third-order valence-corrected chi connectivity index (χ3v) is 3.34.